The summed E-state index contributed by atoms with van der Waals surface area (Å²) >= 11 is 6.24. The summed E-state index contributed by atoms with van der Waals surface area (Å²) in [6.07, 6.45) is 1.88. The van der Waals surface area contributed by atoms with Crippen LogP contribution in [-0.2, 0) is 4.74 Å². The molecule has 0 amide bonds. The van der Waals surface area contributed by atoms with Crippen LogP contribution in [0.3, 0.4) is 0 Å². The van der Waals surface area contributed by atoms with Crippen molar-refractivity contribution in [1.82, 2.24) is 5.01 Å². The van der Waals surface area contributed by atoms with Gasteiger partial charge >= 0.3 is 5.97 Å². The number of ether oxygens (including phenoxy) is 2. The molecule has 2 aliphatic heterocycles. The Hall–Kier alpha value is -3.25. The van der Waals surface area contributed by atoms with Crippen molar-refractivity contribution >= 4 is 23.3 Å². The molecule has 1 aromatic heterocycles. The lowest BCUT2D eigenvalue weighted by Crippen LogP contribution is -2.33. The van der Waals surface area contributed by atoms with E-state index in [4.69, 9.17) is 30.6 Å². The van der Waals surface area contributed by atoms with Crippen LogP contribution < -0.4 is 4.74 Å². The molecule has 0 fully saturated rings. The molecule has 6 nitrogen and oxygen atoms in total. The van der Waals surface area contributed by atoms with E-state index < -0.39 is 6.23 Å². The Bertz CT molecular complexity index is 1090. The lowest BCUT2D eigenvalue weighted by Gasteiger charge is -2.38. The highest BCUT2D eigenvalue weighted by Crippen LogP contribution is 2.48. The Balaban J connectivity index is 1.56. The van der Waals surface area contributed by atoms with Gasteiger partial charge in [0.1, 0.15) is 17.2 Å². The number of halogens is 1. The van der Waals surface area contributed by atoms with Crippen LogP contribution in [0.4, 0.5) is 0 Å². The summed E-state index contributed by atoms with van der Waals surface area (Å²) in [6, 6.07) is 16.5. The molecule has 0 bridgehead atoms. The number of benzene rings is 2. The average molecular weight is 409 g/mol. The zero-order chi connectivity index (χ0) is 20.0. The van der Waals surface area contributed by atoms with Crippen LogP contribution in [0, 0.1) is 0 Å². The minimum atomic E-state index is -0.437. The van der Waals surface area contributed by atoms with Gasteiger partial charge in [0.15, 0.2) is 0 Å². The molecule has 0 aliphatic carbocycles. The molecule has 3 aromatic rings. The van der Waals surface area contributed by atoms with E-state index in [2.05, 4.69) is 0 Å². The van der Waals surface area contributed by atoms with Gasteiger partial charge in [-0.05, 0) is 42.5 Å². The zero-order valence-electron chi connectivity index (χ0n) is 15.5. The van der Waals surface area contributed by atoms with Gasteiger partial charge in [-0.3, -0.25) is 0 Å². The monoisotopic (exact) mass is 408 g/mol. The number of nitrogens with zero attached hydrogens (tertiary/aromatic N) is 2. The standard InChI is InChI=1S/C22H17ClN2O4/c1-27-22(26)14-6-4-13(5-7-14)21-25-18(12-17(24-25)20-3-2-10-28-20)16-11-15(23)8-9-19(16)29-21/h2-11,18,21H,12H2,1H3/t18-,21+/m0/s1. The third kappa shape index (κ3) is 3.06. The van der Waals surface area contributed by atoms with E-state index in [0.29, 0.717) is 17.0 Å². The molecule has 2 aliphatic rings. The maximum absolute atomic E-state index is 11.7. The zero-order valence-corrected chi connectivity index (χ0v) is 16.3. The molecular formula is C22H17ClN2O4. The van der Waals surface area contributed by atoms with Crippen molar-refractivity contribution in [2.75, 3.05) is 7.11 Å². The quantitative estimate of drug-likeness (QED) is 0.573. The fourth-order valence-corrected chi connectivity index (χ4v) is 3.95. The van der Waals surface area contributed by atoms with E-state index in [1.165, 1.54) is 7.11 Å². The first-order chi connectivity index (χ1) is 14.1. The fourth-order valence-electron chi connectivity index (χ4n) is 3.77. The van der Waals surface area contributed by atoms with E-state index in [-0.39, 0.29) is 12.0 Å². The minimum absolute atomic E-state index is 0.0252. The van der Waals surface area contributed by atoms with Crippen LogP contribution >= 0.6 is 11.6 Å². The second kappa shape index (κ2) is 6.97. The lowest BCUT2D eigenvalue weighted by molar-refractivity contribution is -0.0190. The molecule has 2 aromatic carbocycles. The molecule has 3 heterocycles. The number of fused-ring (bicyclic) bond motifs is 3. The van der Waals surface area contributed by atoms with Gasteiger partial charge in [0.25, 0.3) is 0 Å². The van der Waals surface area contributed by atoms with Gasteiger partial charge in [0.2, 0.25) is 6.23 Å². The van der Waals surface area contributed by atoms with Crippen LogP contribution in [0.25, 0.3) is 0 Å². The summed E-state index contributed by atoms with van der Waals surface area (Å²) in [5.74, 6) is 1.13. The molecule has 5 rings (SSSR count). The van der Waals surface area contributed by atoms with Gasteiger partial charge in [-0.2, -0.15) is 5.10 Å². The second-order valence-corrected chi connectivity index (χ2v) is 7.33. The van der Waals surface area contributed by atoms with E-state index in [9.17, 15) is 4.79 Å². The number of hydrogen-bond acceptors (Lipinski definition) is 6. The maximum Gasteiger partial charge on any atom is 0.337 e. The number of furan rings is 1. The Morgan fingerprint density at radius 3 is 2.76 bits per heavy atom. The highest BCUT2D eigenvalue weighted by Gasteiger charge is 2.41. The van der Waals surface area contributed by atoms with Crippen LogP contribution in [0.15, 0.2) is 70.4 Å². The summed E-state index contributed by atoms with van der Waals surface area (Å²) in [5.41, 5.74) is 3.21. The van der Waals surface area contributed by atoms with Crippen molar-refractivity contribution in [2.24, 2.45) is 5.10 Å². The molecule has 0 radical (unpaired) electrons. The van der Waals surface area contributed by atoms with Crippen LogP contribution in [-0.4, -0.2) is 23.8 Å². The molecule has 0 saturated heterocycles. The Labute approximate surface area is 172 Å². The average Bonchev–Trinajstić information content (AvgIpc) is 3.43. The number of carbonyl (C=O) groups excluding carboxylic acids is 1. The molecule has 0 spiro atoms. The van der Waals surface area contributed by atoms with Gasteiger partial charge in [-0.15, -0.1) is 0 Å². The smallest absolute Gasteiger partial charge is 0.337 e. The van der Waals surface area contributed by atoms with Crippen molar-refractivity contribution in [3.05, 3.63) is 88.3 Å². The lowest BCUT2D eigenvalue weighted by atomic mass is 9.97. The topological polar surface area (TPSA) is 64.3 Å². The van der Waals surface area contributed by atoms with Gasteiger partial charge in [0, 0.05) is 22.6 Å². The summed E-state index contributed by atoms with van der Waals surface area (Å²) in [5, 5.41) is 7.40. The highest BCUT2D eigenvalue weighted by molar-refractivity contribution is 6.30. The molecule has 29 heavy (non-hydrogen) atoms. The molecule has 7 heteroatoms. The van der Waals surface area contributed by atoms with E-state index in [0.717, 1.165) is 28.3 Å². The fraction of sp³-hybridized carbons (Fsp3) is 0.182. The molecule has 0 N–H and O–H groups in total. The number of esters is 1. The number of carbonyl (C=O) groups is 1. The summed E-state index contributed by atoms with van der Waals surface area (Å²) in [4.78, 5) is 11.7. The van der Waals surface area contributed by atoms with Crippen molar-refractivity contribution in [1.29, 1.82) is 0 Å². The van der Waals surface area contributed by atoms with E-state index in [1.807, 2.05) is 47.5 Å². The molecule has 0 unspecified atom stereocenters. The predicted molar refractivity (Wildman–Crippen MR) is 107 cm³/mol. The first-order valence-electron chi connectivity index (χ1n) is 9.18. The number of methoxy groups -OCH3 is 1. The van der Waals surface area contributed by atoms with Gasteiger partial charge in [-0.1, -0.05) is 23.7 Å². The Morgan fingerprint density at radius 2 is 2.03 bits per heavy atom. The second-order valence-electron chi connectivity index (χ2n) is 6.89. The molecule has 0 saturated carbocycles. The van der Waals surface area contributed by atoms with Gasteiger partial charge in [0.05, 0.1) is 25.0 Å². The van der Waals surface area contributed by atoms with Crippen molar-refractivity contribution < 1.29 is 18.7 Å². The SMILES string of the molecule is COC(=O)c1ccc([C@H]2Oc3ccc(Cl)cc3[C@@H]3CC(c4ccco4)=NN23)cc1. The van der Waals surface area contributed by atoms with E-state index >= 15 is 0 Å². The van der Waals surface area contributed by atoms with E-state index in [1.54, 1.807) is 18.4 Å². The van der Waals surface area contributed by atoms with Crippen molar-refractivity contribution in [3.8, 4) is 5.75 Å². The van der Waals surface area contributed by atoms with Gasteiger partial charge < -0.3 is 13.9 Å². The molecular weight excluding hydrogens is 392 g/mol. The summed E-state index contributed by atoms with van der Waals surface area (Å²) < 4.78 is 16.6. The minimum Gasteiger partial charge on any atom is -0.465 e. The first-order valence-corrected chi connectivity index (χ1v) is 9.56. The van der Waals surface area contributed by atoms with Gasteiger partial charge in [-0.25, -0.2) is 9.80 Å². The third-order valence-electron chi connectivity index (χ3n) is 5.17. The van der Waals surface area contributed by atoms with Crippen LogP contribution in [0.5, 0.6) is 5.75 Å². The predicted octanol–water partition coefficient (Wildman–Crippen LogP) is 4.96. The van der Waals surface area contributed by atoms with Crippen LogP contribution in [0.2, 0.25) is 5.02 Å². The maximum atomic E-state index is 11.7. The largest absolute Gasteiger partial charge is 0.465 e. The van der Waals surface area contributed by atoms with Crippen molar-refractivity contribution in [3.63, 3.8) is 0 Å². The number of hydrogen-bond donors (Lipinski definition) is 0. The number of hydrazone groups is 1. The van der Waals surface area contributed by atoms with Crippen LogP contribution in [0.1, 0.15) is 45.9 Å². The summed E-state index contributed by atoms with van der Waals surface area (Å²) in [6.45, 7) is 0. The number of rotatable bonds is 3. The van der Waals surface area contributed by atoms with Crippen molar-refractivity contribution in [2.45, 2.75) is 18.7 Å². The first kappa shape index (κ1) is 17.8. The Morgan fingerprint density at radius 1 is 1.21 bits per heavy atom. The third-order valence-corrected chi connectivity index (χ3v) is 5.41. The molecule has 146 valence electrons. The summed E-state index contributed by atoms with van der Waals surface area (Å²) in [7, 11) is 1.36. The Kier molecular flexibility index (Phi) is 4.28. The molecule has 2 atom stereocenters. The highest BCUT2D eigenvalue weighted by atomic mass is 35.5. The normalized spacial score (nSPS) is 19.8.